The van der Waals surface area contributed by atoms with E-state index in [1.165, 1.54) is 17.1 Å². The van der Waals surface area contributed by atoms with Crippen molar-refractivity contribution in [2.75, 3.05) is 26.2 Å². The first-order valence-electron chi connectivity index (χ1n) is 8.23. The first kappa shape index (κ1) is 16.4. The molecule has 0 saturated carbocycles. The molecular weight excluding hydrogens is 352 g/mol. The highest BCUT2D eigenvalue weighted by molar-refractivity contribution is 7.14. The summed E-state index contributed by atoms with van der Waals surface area (Å²) in [5.41, 5.74) is 2.03. The predicted octanol–water partition coefficient (Wildman–Crippen LogP) is 3.22. The summed E-state index contributed by atoms with van der Waals surface area (Å²) in [4.78, 5) is 18.9. The van der Waals surface area contributed by atoms with Crippen LogP contribution in [-0.4, -0.2) is 51.5 Å². The van der Waals surface area contributed by atoms with Crippen LogP contribution < -0.4 is 0 Å². The quantitative estimate of drug-likeness (QED) is 0.707. The summed E-state index contributed by atoms with van der Waals surface area (Å²) in [5.74, 6) is 0.0535. The number of piperazine rings is 1. The predicted molar refractivity (Wildman–Crippen MR) is 101 cm³/mol. The molecule has 5 nitrogen and oxygen atoms in total. The molecule has 7 heteroatoms. The van der Waals surface area contributed by atoms with Crippen molar-refractivity contribution in [2.24, 2.45) is 0 Å². The van der Waals surface area contributed by atoms with E-state index < -0.39 is 0 Å². The summed E-state index contributed by atoms with van der Waals surface area (Å²) in [6.45, 7) is 4.20. The Hall–Kier alpha value is -2.09. The van der Waals surface area contributed by atoms with Gasteiger partial charge in [-0.3, -0.25) is 9.69 Å². The number of amides is 1. The number of thiophene rings is 1. The van der Waals surface area contributed by atoms with Crippen molar-refractivity contribution in [3.05, 3.63) is 58.3 Å². The maximum Gasteiger partial charge on any atom is 0.268 e. The Morgan fingerprint density at radius 2 is 1.84 bits per heavy atom. The number of hydrogen-bond acceptors (Lipinski definition) is 6. The molecule has 128 valence electrons. The van der Waals surface area contributed by atoms with Gasteiger partial charge in [0.25, 0.3) is 5.91 Å². The number of carbonyl (C=O) groups excluding carboxylic acids is 1. The summed E-state index contributed by atoms with van der Waals surface area (Å²) in [6, 6.07) is 14.4. The lowest BCUT2D eigenvalue weighted by atomic mass is 10.2. The molecule has 1 aliphatic heterocycles. The number of nitrogens with zero attached hydrogens (tertiary/aromatic N) is 4. The Morgan fingerprint density at radius 1 is 1.04 bits per heavy atom. The van der Waals surface area contributed by atoms with Crippen LogP contribution in [0.1, 0.15) is 15.2 Å². The van der Waals surface area contributed by atoms with Gasteiger partial charge in [-0.15, -0.1) is 16.4 Å². The molecule has 0 bridgehead atoms. The van der Waals surface area contributed by atoms with Gasteiger partial charge in [0.1, 0.15) is 10.6 Å². The maximum absolute atomic E-state index is 12.9. The third-order valence-electron chi connectivity index (χ3n) is 4.35. The summed E-state index contributed by atoms with van der Waals surface area (Å²) < 4.78 is 4.01. The third kappa shape index (κ3) is 3.63. The van der Waals surface area contributed by atoms with Gasteiger partial charge in [-0.2, -0.15) is 0 Å². The minimum absolute atomic E-state index is 0.0535. The van der Waals surface area contributed by atoms with Gasteiger partial charge < -0.3 is 4.90 Å². The molecule has 0 aliphatic carbocycles. The number of rotatable bonds is 4. The number of aromatic nitrogens is 2. The molecule has 25 heavy (non-hydrogen) atoms. The van der Waals surface area contributed by atoms with Crippen LogP contribution in [-0.2, 0) is 6.54 Å². The van der Waals surface area contributed by atoms with E-state index in [4.69, 9.17) is 0 Å². The summed E-state index contributed by atoms with van der Waals surface area (Å²) in [6.07, 6.45) is 0. The van der Waals surface area contributed by atoms with Crippen LogP contribution in [0.4, 0.5) is 0 Å². The van der Waals surface area contributed by atoms with Crippen molar-refractivity contribution in [2.45, 2.75) is 6.54 Å². The van der Waals surface area contributed by atoms with Gasteiger partial charge in [0.15, 0.2) is 0 Å². The van der Waals surface area contributed by atoms with Crippen molar-refractivity contribution in [3.63, 3.8) is 0 Å². The van der Waals surface area contributed by atoms with Crippen LogP contribution >= 0.6 is 22.9 Å². The standard InChI is InChI=1S/C18H18N4OS2/c23-18(17-16(19-20-25-17)15-7-4-12-24-15)22-10-8-21(9-11-22)13-14-5-2-1-3-6-14/h1-7,12H,8-11,13H2. The van der Waals surface area contributed by atoms with Crippen molar-refractivity contribution < 1.29 is 4.79 Å². The van der Waals surface area contributed by atoms with E-state index in [0.29, 0.717) is 4.88 Å². The van der Waals surface area contributed by atoms with Gasteiger partial charge in [0, 0.05) is 32.7 Å². The monoisotopic (exact) mass is 370 g/mol. The van der Waals surface area contributed by atoms with Crippen molar-refractivity contribution in [1.82, 2.24) is 19.4 Å². The average Bonchev–Trinajstić information content (AvgIpc) is 3.34. The number of hydrogen-bond donors (Lipinski definition) is 0. The van der Waals surface area contributed by atoms with E-state index in [0.717, 1.165) is 43.3 Å². The molecule has 0 N–H and O–H groups in total. The molecular formula is C18H18N4OS2. The molecule has 0 spiro atoms. The molecule has 3 heterocycles. The third-order valence-corrected chi connectivity index (χ3v) is 5.94. The lowest BCUT2D eigenvalue weighted by molar-refractivity contribution is 0.0634. The Labute approximate surface area is 154 Å². The van der Waals surface area contributed by atoms with E-state index in [-0.39, 0.29) is 5.91 Å². The Kier molecular flexibility index (Phi) is 4.87. The van der Waals surface area contributed by atoms with Gasteiger partial charge in [-0.05, 0) is 28.5 Å². The molecule has 1 aliphatic rings. The van der Waals surface area contributed by atoms with E-state index >= 15 is 0 Å². The fraction of sp³-hybridized carbons (Fsp3) is 0.278. The van der Waals surface area contributed by atoms with Crippen molar-refractivity contribution >= 4 is 28.8 Å². The largest absolute Gasteiger partial charge is 0.335 e. The van der Waals surface area contributed by atoms with Crippen LogP contribution in [0.2, 0.25) is 0 Å². The fourth-order valence-electron chi connectivity index (χ4n) is 3.00. The maximum atomic E-state index is 12.9. The van der Waals surface area contributed by atoms with Crippen LogP contribution in [0.15, 0.2) is 47.8 Å². The van der Waals surface area contributed by atoms with E-state index in [1.54, 1.807) is 11.3 Å². The molecule has 2 aromatic heterocycles. The Balaban J connectivity index is 1.40. The lowest BCUT2D eigenvalue weighted by Gasteiger charge is -2.34. The van der Waals surface area contributed by atoms with Crippen LogP contribution in [0, 0.1) is 0 Å². The molecule has 1 amide bonds. The molecule has 3 aromatic rings. The first-order valence-corrected chi connectivity index (χ1v) is 9.88. The van der Waals surface area contributed by atoms with Gasteiger partial charge in [0.2, 0.25) is 0 Å². The Morgan fingerprint density at radius 3 is 2.56 bits per heavy atom. The number of benzene rings is 1. The van der Waals surface area contributed by atoms with Crippen LogP contribution in [0.25, 0.3) is 10.6 Å². The zero-order valence-corrected chi connectivity index (χ0v) is 15.3. The highest BCUT2D eigenvalue weighted by Crippen LogP contribution is 2.29. The Bertz CT molecular complexity index is 824. The molecule has 1 aromatic carbocycles. The lowest BCUT2D eigenvalue weighted by Crippen LogP contribution is -2.48. The summed E-state index contributed by atoms with van der Waals surface area (Å²) in [5, 5.41) is 6.16. The zero-order valence-electron chi connectivity index (χ0n) is 13.7. The topological polar surface area (TPSA) is 49.3 Å². The smallest absolute Gasteiger partial charge is 0.268 e. The average molecular weight is 371 g/mol. The van der Waals surface area contributed by atoms with Crippen LogP contribution in [0.5, 0.6) is 0 Å². The SMILES string of the molecule is O=C(c1snnc1-c1cccs1)N1CCN(Cc2ccccc2)CC1. The normalized spacial score (nSPS) is 15.4. The fourth-order valence-corrected chi connectivity index (χ4v) is 4.43. The molecule has 1 fully saturated rings. The van der Waals surface area contributed by atoms with Gasteiger partial charge in [-0.25, -0.2) is 0 Å². The molecule has 0 radical (unpaired) electrons. The second kappa shape index (κ2) is 7.43. The second-order valence-corrected chi connectivity index (χ2v) is 7.68. The minimum atomic E-state index is 0.0535. The van der Waals surface area contributed by atoms with Gasteiger partial charge >= 0.3 is 0 Å². The first-order chi connectivity index (χ1) is 12.3. The highest BCUT2D eigenvalue weighted by atomic mass is 32.1. The van der Waals surface area contributed by atoms with E-state index in [9.17, 15) is 4.79 Å². The van der Waals surface area contributed by atoms with E-state index in [2.05, 4.69) is 38.8 Å². The highest BCUT2D eigenvalue weighted by Gasteiger charge is 2.26. The van der Waals surface area contributed by atoms with E-state index in [1.807, 2.05) is 28.5 Å². The van der Waals surface area contributed by atoms with Crippen LogP contribution in [0.3, 0.4) is 0 Å². The molecule has 0 unspecified atom stereocenters. The molecule has 4 rings (SSSR count). The molecule has 1 saturated heterocycles. The number of carbonyl (C=O) groups is 1. The van der Waals surface area contributed by atoms with Crippen molar-refractivity contribution in [1.29, 1.82) is 0 Å². The summed E-state index contributed by atoms with van der Waals surface area (Å²) >= 11 is 2.78. The molecule has 0 atom stereocenters. The zero-order chi connectivity index (χ0) is 17.1. The minimum Gasteiger partial charge on any atom is -0.335 e. The van der Waals surface area contributed by atoms with Gasteiger partial charge in [0.05, 0.1) is 4.88 Å². The van der Waals surface area contributed by atoms with Crippen molar-refractivity contribution in [3.8, 4) is 10.6 Å². The van der Waals surface area contributed by atoms with Gasteiger partial charge in [-0.1, -0.05) is 40.9 Å². The summed E-state index contributed by atoms with van der Waals surface area (Å²) in [7, 11) is 0. The second-order valence-electron chi connectivity index (χ2n) is 5.98.